The fraction of sp³-hybridized carbons (Fsp3) is 0.121. The maximum atomic E-state index is 12.5. The van der Waals surface area contributed by atoms with E-state index in [-0.39, 0.29) is 24.6 Å². The number of nitrogens with one attached hydrogen (secondary N) is 2. The molecule has 1 aliphatic heterocycles. The van der Waals surface area contributed by atoms with Gasteiger partial charge in [0.15, 0.2) is 11.7 Å². The highest BCUT2D eigenvalue weighted by Crippen LogP contribution is 2.42. The van der Waals surface area contributed by atoms with E-state index in [0.717, 1.165) is 28.5 Å². The minimum atomic E-state index is -0.240. The molecule has 0 bridgehead atoms. The minimum Gasteiger partial charge on any atom is -0.497 e. The van der Waals surface area contributed by atoms with Crippen molar-refractivity contribution in [2.24, 2.45) is 0 Å². The van der Waals surface area contributed by atoms with Gasteiger partial charge in [-0.1, -0.05) is 24.3 Å². The molecule has 6 rings (SSSR count). The molecule has 1 saturated heterocycles. The largest absolute Gasteiger partial charge is 0.497 e. The first-order chi connectivity index (χ1) is 20.6. The second kappa shape index (κ2) is 12.2. The second-order valence-electron chi connectivity index (χ2n) is 9.69. The number of benzene rings is 3. The zero-order valence-corrected chi connectivity index (χ0v) is 23.7. The molecule has 0 radical (unpaired) electrons. The zero-order valence-electron chi connectivity index (χ0n) is 22.9. The number of aromatic nitrogens is 2. The molecule has 1 aliphatic rings. The quantitative estimate of drug-likeness (QED) is 0.206. The molecule has 1 fully saturated rings. The number of hydrogen-bond donors (Lipinski definition) is 2. The first kappa shape index (κ1) is 27.0. The molecular weight excluding hydrogens is 546 g/mol. The van der Waals surface area contributed by atoms with Crippen LogP contribution in [-0.2, 0) is 4.79 Å². The van der Waals surface area contributed by atoms with Crippen molar-refractivity contribution in [1.29, 1.82) is 0 Å². The maximum Gasteiger partial charge on any atom is 0.262 e. The molecule has 0 saturated carbocycles. The van der Waals surface area contributed by atoms with Gasteiger partial charge in [0.25, 0.3) is 5.91 Å². The smallest absolute Gasteiger partial charge is 0.262 e. The summed E-state index contributed by atoms with van der Waals surface area (Å²) in [7, 11) is 1.66. The predicted octanol–water partition coefficient (Wildman–Crippen LogP) is 6.08. The summed E-state index contributed by atoms with van der Waals surface area (Å²) >= 11 is 5.90. The normalized spacial score (nSPS) is 16.1. The minimum absolute atomic E-state index is 0.0813. The molecule has 5 aromatic rings. The van der Waals surface area contributed by atoms with E-state index in [1.54, 1.807) is 13.3 Å². The monoisotopic (exact) mass is 575 g/mol. The SMILES string of the molecule is COc1ccc(-n2cccc2C2C(c3ccccn3)NC(=S)N2c2ccc(NC(=O)COc3ccccc3)cc2)cc1. The Bertz CT molecular complexity index is 1660. The highest BCUT2D eigenvalue weighted by atomic mass is 32.1. The summed E-state index contributed by atoms with van der Waals surface area (Å²) in [4.78, 5) is 19.3. The van der Waals surface area contributed by atoms with Gasteiger partial charge in [-0.25, -0.2) is 0 Å². The van der Waals surface area contributed by atoms with Crippen LogP contribution in [0.3, 0.4) is 0 Å². The first-order valence-electron chi connectivity index (χ1n) is 13.5. The molecule has 2 atom stereocenters. The van der Waals surface area contributed by atoms with Crippen molar-refractivity contribution in [1.82, 2.24) is 14.9 Å². The first-order valence-corrected chi connectivity index (χ1v) is 13.9. The number of para-hydroxylation sites is 1. The Morgan fingerprint density at radius 3 is 2.33 bits per heavy atom. The number of methoxy groups -OCH3 is 1. The molecule has 42 heavy (non-hydrogen) atoms. The van der Waals surface area contributed by atoms with Crippen LogP contribution in [0.5, 0.6) is 11.5 Å². The number of pyridine rings is 1. The molecule has 0 spiro atoms. The van der Waals surface area contributed by atoms with E-state index in [0.29, 0.717) is 16.5 Å². The van der Waals surface area contributed by atoms with Crippen molar-refractivity contribution in [3.05, 3.63) is 133 Å². The number of anilines is 2. The number of ether oxygens (including phenoxy) is 2. The summed E-state index contributed by atoms with van der Waals surface area (Å²) in [5.74, 6) is 1.20. The molecule has 3 heterocycles. The Hall–Kier alpha value is -5.15. The molecule has 0 aliphatic carbocycles. The number of rotatable bonds is 9. The van der Waals surface area contributed by atoms with Gasteiger partial charge in [-0.3, -0.25) is 9.78 Å². The number of hydrogen-bond acceptors (Lipinski definition) is 5. The van der Waals surface area contributed by atoms with Gasteiger partial charge >= 0.3 is 0 Å². The van der Waals surface area contributed by atoms with E-state index in [2.05, 4.69) is 31.2 Å². The highest BCUT2D eigenvalue weighted by Gasteiger charge is 2.42. The lowest BCUT2D eigenvalue weighted by atomic mass is 10.0. The molecule has 3 aromatic carbocycles. The zero-order chi connectivity index (χ0) is 28.9. The maximum absolute atomic E-state index is 12.5. The number of nitrogens with zero attached hydrogens (tertiary/aromatic N) is 3. The summed E-state index contributed by atoms with van der Waals surface area (Å²) in [6, 6.07) is 34.5. The molecule has 2 unspecified atom stereocenters. The lowest BCUT2D eigenvalue weighted by Gasteiger charge is -2.29. The Labute approximate surface area is 249 Å². The number of thiocarbonyl (C=S) groups is 1. The predicted molar refractivity (Wildman–Crippen MR) is 167 cm³/mol. The second-order valence-corrected chi connectivity index (χ2v) is 10.1. The van der Waals surface area contributed by atoms with Crippen LogP contribution in [0.2, 0.25) is 0 Å². The topological polar surface area (TPSA) is 80.7 Å². The van der Waals surface area contributed by atoms with Gasteiger partial charge < -0.3 is 29.6 Å². The fourth-order valence-corrected chi connectivity index (χ4v) is 5.46. The lowest BCUT2D eigenvalue weighted by Crippen LogP contribution is -2.30. The summed E-state index contributed by atoms with van der Waals surface area (Å²) in [5.41, 5.74) is 4.48. The van der Waals surface area contributed by atoms with Crippen LogP contribution in [0.25, 0.3) is 5.69 Å². The molecule has 9 heteroatoms. The number of carbonyl (C=O) groups is 1. The molecule has 210 valence electrons. The Morgan fingerprint density at radius 2 is 1.62 bits per heavy atom. The number of carbonyl (C=O) groups excluding carboxylic acids is 1. The van der Waals surface area contributed by atoms with Crippen molar-refractivity contribution < 1.29 is 14.3 Å². The van der Waals surface area contributed by atoms with Crippen molar-refractivity contribution >= 4 is 34.6 Å². The molecule has 2 N–H and O–H groups in total. The van der Waals surface area contributed by atoms with Gasteiger partial charge in [-0.15, -0.1) is 0 Å². The number of amides is 1. The van der Waals surface area contributed by atoms with Crippen LogP contribution in [0.15, 0.2) is 122 Å². The Balaban J connectivity index is 1.28. The van der Waals surface area contributed by atoms with Gasteiger partial charge in [0, 0.05) is 35.1 Å². The summed E-state index contributed by atoms with van der Waals surface area (Å²) < 4.78 is 13.1. The summed E-state index contributed by atoms with van der Waals surface area (Å²) in [6.45, 7) is -0.0813. The van der Waals surface area contributed by atoms with Crippen LogP contribution in [-0.4, -0.2) is 34.3 Å². The molecule has 2 aromatic heterocycles. The average molecular weight is 576 g/mol. The van der Waals surface area contributed by atoms with Crippen LogP contribution in [0.4, 0.5) is 11.4 Å². The van der Waals surface area contributed by atoms with Crippen LogP contribution in [0.1, 0.15) is 23.5 Å². The van der Waals surface area contributed by atoms with E-state index in [1.165, 1.54) is 0 Å². The van der Waals surface area contributed by atoms with Crippen molar-refractivity contribution in [2.45, 2.75) is 12.1 Å². The van der Waals surface area contributed by atoms with Crippen LogP contribution >= 0.6 is 12.2 Å². The van der Waals surface area contributed by atoms with E-state index in [4.69, 9.17) is 21.7 Å². The third kappa shape index (κ3) is 5.68. The lowest BCUT2D eigenvalue weighted by molar-refractivity contribution is -0.118. The molecule has 1 amide bonds. The van der Waals surface area contributed by atoms with E-state index in [9.17, 15) is 4.79 Å². The van der Waals surface area contributed by atoms with Crippen LogP contribution in [0, 0.1) is 0 Å². The van der Waals surface area contributed by atoms with E-state index >= 15 is 0 Å². The molecular formula is C33H29N5O3S. The van der Waals surface area contributed by atoms with Crippen molar-refractivity contribution in [2.75, 3.05) is 23.9 Å². The summed E-state index contributed by atoms with van der Waals surface area (Å²) in [5, 5.41) is 7.00. The standard InChI is InChI=1S/C33H29N5O3S/c1-40-26-18-16-24(17-19-26)37-21-7-11-29(37)32-31(28-10-5-6-20-34-28)36-33(42)38(32)25-14-12-23(13-15-25)35-30(39)22-41-27-8-3-2-4-9-27/h2-21,31-32H,22H2,1H3,(H,35,39)(H,36,42). The van der Waals surface area contributed by atoms with E-state index in [1.807, 2.05) is 109 Å². The van der Waals surface area contributed by atoms with Gasteiger partial charge in [-0.05, 0) is 97.1 Å². The molecule has 8 nitrogen and oxygen atoms in total. The Morgan fingerprint density at radius 1 is 0.881 bits per heavy atom. The average Bonchev–Trinajstić information content (AvgIpc) is 3.66. The fourth-order valence-electron chi connectivity index (χ4n) is 5.11. The Kier molecular flexibility index (Phi) is 7.83. The van der Waals surface area contributed by atoms with Gasteiger partial charge in [0.1, 0.15) is 17.5 Å². The van der Waals surface area contributed by atoms with Gasteiger partial charge in [-0.2, -0.15) is 0 Å². The van der Waals surface area contributed by atoms with Crippen molar-refractivity contribution in [3.63, 3.8) is 0 Å². The van der Waals surface area contributed by atoms with Gasteiger partial charge in [0.05, 0.1) is 18.8 Å². The van der Waals surface area contributed by atoms with Crippen molar-refractivity contribution in [3.8, 4) is 17.2 Å². The van der Waals surface area contributed by atoms with E-state index < -0.39 is 0 Å². The summed E-state index contributed by atoms with van der Waals surface area (Å²) in [6.07, 6.45) is 3.84. The third-order valence-corrected chi connectivity index (χ3v) is 7.39. The van der Waals surface area contributed by atoms with Crippen LogP contribution < -0.4 is 25.0 Å². The van der Waals surface area contributed by atoms with Gasteiger partial charge in [0.2, 0.25) is 0 Å². The third-order valence-electron chi connectivity index (χ3n) is 7.07. The highest BCUT2D eigenvalue weighted by molar-refractivity contribution is 7.80.